The average Bonchev–Trinajstić information content (AvgIpc) is 3.60. The number of nitrogens with two attached hydrogens (primary N) is 1. The van der Waals surface area contributed by atoms with Crippen LogP contribution >= 0.6 is 0 Å². The van der Waals surface area contributed by atoms with E-state index >= 15 is 0 Å². The summed E-state index contributed by atoms with van der Waals surface area (Å²) in [7, 11) is 0. The van der Waals surface area contributed by atoms with Crippen molar-refractivity contribution in [3.63, 3.8) is 0 Å². The van der Waals surface area contributed by atoms with Crippen molar-refractivity contribution in [3.05, 3.63) is 42.5 Å². The van der Waals surface area contributed by atoms with Gasteiger partial charge in [0.05, 0.1) is 30.1 Å². The lowest BCUT2D eigenvalue weighted by Crippen LogP contribution is -2.25. The first kappa shape index (κ1) is 20.6. The molecule has 0 unspecified atom stereocenters. The molecule has 6 nitrogen and oxygen atoms in total. The van der Waals surface area contributed by atoms with Gasteiger partial charge in [0.2, 0.25) is 5.91 Å². The zero-order chi connectivity index (χ0) is 22.4. The largest absolute Gasteiger partial charge is 0.490 e. The van der Waals surface area contributed by atoms with Crippen LogP contribution in [0, 0.1) is 5.92 Å². The van der Waals surface area contributed by atoms with Crippen LogP contribution in [0.1, 0.15) is 51.0 Å². The molecule has 3 fully saturated rings. The molecule has 0 radical (unpaired) electrons. The number of nitrogens with zero attached hydrogens (tertiary/aromatic N) is 1. The van der Waals surface area contributed by atoms with Crippen molar-refractivity contribution >= 4 is 28.2 Å². The molecule has 3 aliphatic rings. The maximum atomic E-state index is 12.9. The topological polar surface area (TPSA) is 78.5 Å². The Morgan fingerprint density at radius 1 is 1.00 bits per heavy atom. The maximum absolute atomic E-state index is 12.9. The third-order valence-electron chi connectivity index (χ3n) is 7.27. The van der Waals surface area contributed by atoms with Gasteiger partial charge in [-0.3, -0.25) is 4.79 Å². The summed E-state index contributed by atoms with van der Waals surface area (Å²) in [5, 5.41) is 4.38. The van der Waals surface area contributed by atoms with Crippen LogP contribution in [0.2, 0.25) is 0 Å². The van der Waals surface area contributed by atoms with E-state index in [0.29, 0.717) is 6.04 Å². The fourth-order valence-corrected chi connectivity index (χ4v) is 5.00. The third-order valence-corrected chi connectivity index (χ3v) is 7.27. The summed E-state index contributed by atoms with van der Waals surface area (Å²) in [5.74, 6) is 1.15. The number of aromatic nitrogens is 1. The predicted octanol–water partition coefficient (Wildman–Crippen LogP) is 5.52. The molecule has 0 atom stereocenters. The van der Waals surface area contributed by atoms with Crippen LogP contribution in [0.15, 0.2) is 42.5 Å². The number of amides is 1. The molecule has 3 N–H and O–H groups in total. The molecule has 2 aliphatic carbocycles. The van der Waals surface area contributed by atoms with Crippen LogP contribution in [0.4, 0.5) is 11.4 Å². The zero-order valence-corrected chi connectivity index (χ0v) is 18.9. The number of fused-ring (bicyclic) bond motifs is 1. The van der Waals surface area contributed by atoms with Gasteiger partial charge in [0.25, 0.3) is 0 Å². The second-order valence-electron chi connectivity index (χ2n) is 9.67. The number of nitrogens with one attached hydrogen (secondary N) is 1. The van der Waals surface area contributed by atoms with E-state index in [1.165, 1.54) is 6.42 Å². The van der Waals surface area contributed by atoms with Crippen LogP contribution in [0.3, 0.4) is 0 Å². The lowest BCUT2D eigenvalue weighted by atomic mass is 9.92. The summed E-state index contributed by atoms with van der Waals surface area (Å²) >= 11 is 0. The molecule has 6 rings (SSSR count). The first-order valence-corrected chi connectivity index (χ1v) is 12.3. The highest BCUT2D eigenvalue weighted by Gasteiger charge is 2.33. The second kappa shape index (κ2) is 8.41. The molecule has 1 aliphatic heterocycles. The molecule has 172 valence electrons. The van der Waals surface area contributed by atoms with Gasteiger partial charge in [-0.25, -0.2) is 0 Å². The van der Waals surface area contributed by atoms with Gasteiger partial charge in [0.1, 0.15) is 11.9 Å². The van der Waals surface area contributed by atoms with E-state index in [1.54, 1.807) is 0 Å². The number of carbonyl (C=O) groups excluding carboxylic acids is 1. The summed E-state index contributed by atoms with van der Waals surface area (Å²) in [4.78, 5) is 12.9. The summed E-state index contributed by atoms with van der Waals surface area (Å²) in [6, 6.07) is 14.7. The highest BCUT2D eigenvalue weighted by molar-refractivity contribution is 6.09. The zero-order valence-electron chi connectivity index (χ0n) is 18.9. The molecule has 1 aromatic heterocycles. The fourth-order valence-electron chi connectivity index (χ4n) is 5.00. The Bertz CT molecular complexity index is 1170. The van der Waals surface area contributed by atoms with Crippen LogP contribution < -0.4 is 15.8 Å². The van der Waals surface area contributed by atoms with Gasteiger partial charge in [-0.15, -0.1) is 0 Å². The first-order valence-electron chi connectivity index (χ1n) is 12.3. The van der Waals surface area contributed by atoms with Crippen LogP contribution in [-0.4, -0.2) is 29.8 Å². The molecule has 1 saturated heterocycles. The van der Waals surface area contributed by atoms with E-state index in [0.717, 1.165) is 91.0 Å². The van der Waals surface area contributed by atoms with Crippen LogP contribution in [0.5, 0.6) is 5.75 Å². The monoisotopic (exact) mass is 445 g/mol. The standard InChI is InChI=1S/C27H31N3O3/c28-19-8-6-17(7-9-19)26-25(29-27(31)18-4-5-18)23-11-10-22(33-21-12-14-32-15-13-21)16-24(23)30(26)20-2-1-3-20/h6-11,16,18,20-21H,1-5,12-15,28H2,(H,29,31). The predicted molar refractivity (Wildman–Crippen MR) is 130 cm³/mol. The van der Waals surface area contributed by atoms with Crippen molar-refractivity contribution < 1.29 is 14.3 Å². The van der Waals surface area contributed by atoms with E-state index in [2.05, 4.69) is 34.1 Å². The molecule has 0 spiro atoms. The van der Waals surface area contributed by atoms with Gasteiger partial charge in [-0.1, -0.05) is 12.1 Å². The molecule has 2 saturated carbocycles. The van der Waals surface area contributed by atoms with E-state index in [4.69, 9.17) is 15.2 Å². The Balaban J connectivity index is 1.49. The number of benzene rings is 2. The summed E-state index contributed by atoms with van der Waals surface area (Å²) in [6.07, 6.45) is 7.50. The van der Waals surface area contributed by atoms with Gasteiger partial charge in [-0.05, 0) is 56.4 Å². The molecule has 33 heavy (non-hydrogen) atoms. The number of hydrogen-bond donors (Lipinski definition) is 2. The minimum absolute atomic E-state index is 0.127. The minimum Gasteiger partial charge on any atom is -0.490 e. The Kier molecular flexibility index (Phi) is 5.25. The van der Waals surface area contributed by atoms with E-state index in [-0.39, 0.29) is 17.9 Å². The third kappa shape index (κ3) is 3.97. The number of nitrogen functional groups attached to an aromatic ring is 1. The quantitative estimate of drug-likeness (QED) is 0.490. The summed E-state index contributed by atoms with van der Waals surface area (Å²) < 4.78 is 14.3. The molecular formula is C27H31N3O3. The lowest BCUT2D eigenvalue weighted by Gasteiger charge is -2.30. The lowest BCUT2D eigenvalue weighted by molar-refractivity contribution is -0.117. The number of hydrogen-bond acceptors (Lipinski definition) is 4. The first-order chi connectivity index (χ1) is 16.2. The molecule has 2 heterocycles. The smallest absolute Gasteiger partial charge is 0.227 e. The van der Waals surface area contributed by atoms with E-state index in [1.807, 2.05) is 18.2 Å². The van der Waals surface area contributed by atoms with E-state index < -0.39 is 0 Å². The number of rotatable bonds is 6. The molecule has 1 amide bonds. The Labute approximate surface area is 194 Å². The van der Waals surface area contributed by atoms with Crippen molar-refractivity contribution in [1.29, 1.82) is 0 Å². The van der Waals surface area contributed by atoms with Crippen molar-refractivity contribution in [3.8, 4) is 17.0 Å². The molecule has 3 aromatic rings. The van der Waals surface area contributed by atoms with Gasteiger partial charge in [0.15, 0.2) is 0 Å². The van der Waals surface area contributed by atoms with Gasteiger partial charge < -0.3 is 25.1 Å². The van der Waals surface area contributed by atoms with Gasteiger partial charge in [-0.2, -0.15) is 0 Å². The Morgan fingerprint density at radius 2 is 1.76 bits per heavy atom. The second-order valence-corrected chi connectivity index (χ2v) is 9.67. The summed E-state index contributed by atoms with van der Waals surface area (Å²) in [6.45, 7) is 1.51. The number of anilines is 2. The maximum Gasteiger partial charge on any atom is 0.227 e. The van der Waals surface area contributed by atoms with Crippen molar-refractivity contribution in [2.45, 2.75) is 57.1 Å². The highest BCUT2D eigenvalue weighted by Crippen LogP contribution is 2.47. The van der Waals surface area contributed by atoms with E-state index in [9.17, 15) is 4.79 Å². The SMILES string of the molecule is Nc1ccc(-c2c(NC(=O)C3CC3)c3ccc(OC4CCOCC4)cc3n2C2CCC2)cc1. The Morgan fingerprint density at radius 3 is 2.42 bits per heavy atom. The van der Waals surface area contributed by atoms with Crippen molar-refractivity contribution in [2.75, 3.05) is 24.3 Å². The molecular weight excluding hydrogens is 414 g/mol. The number of ether oxygens (including phenoxy) is 2. The van der Waals surface area contributed by atoms with Crippen LogP contribution in [-0.2, 0) is 9.53 Å². The molecule has 2 aromatic carbocycles. The van der Waals surface area contributed by atoms with Gasteiger partial charge >= 0.3 is 0 Å². The Hall–Kier alpha value is -2.99. The van der Waals surface area contributed by atoms with Gasteiger partial charge in [0, 0.05) is 47.5 Å². The van der Waals surface area contributed by atoms with Crippen molar-refractivity contribution in [2.24, 2.45) is 5.92 Å². The minimum atomic E-state index is 0.127. The average molecular weight is 446 g/mol. The van der Waals surface area contributed by atoms with Crippen LogP contribution in [0.25, 0.3) is 22.2 Å². The highest BCUT2D eigenvalue weighted by atomic mass is 16.5. The number of carbonyl (C=O) groups is 1. The molecule has 6 heteroatoms. The normalized spacial score (nSPS) is 19.4. The summed E-state index contributed by atoms with van der Waals surface area (Å²) in [5.41, 5.74) is 10.9. The fraction of sp³-hybridized carbons (Fsp3) is 0.444. The van der Waals surface area contributed by atoms with Crippen molar-refractivity contribution in [1.82, 2.24) is 4.57 Å². The molecule has 0 bridgehead atoms.